The van der Waals surface area contributed by atoms with Crippen molar-refractivity contribution >= 4 is 5.97 Å². The normalized spacial score (nSPS) is 32.1. The Morgan fingerprint density at radius 3 is 2.47 bits per heavy atom. The molecule has 7 heteroatoms. The molecule has 0 amide bonds. The second kappa shape index (κ2) is 6.84. The van der Waals surface area contributed by atoms with Crippen LogP contribution in [0.5, 0.6) is 11.5 Å². The van der Waals surface area contributed by atoms with Crippen LogP contribution >= 0.6 is 0 Å². The first-order valence-electron chi connectivity index (χ1n) is 9.74. The number of benzene rings is 2. The van der Waals surface area contributed by atoms with Crippen LogP contribution in [0, 0.1) is 0 Å². The zero-order valence-corrected chi connectivity index (χ0v) is 16.9. The number of fused-ring (bicyclic) bond motifs is 2. The van der Waals surface area contributed by atoms with E-state index in [1.807, 2.05) is 43.3 Å². The first kappa shape index (κ1) is 19.1. The highest BCUT2D eigenvalue weighted by atomic mass is 17.3. The van der Waals surface area contributed by atoms with E-state index in [0.29, 0.717) is 17.1 Å². The summed E-state index contributed by atoms with van der Waals surface area (Å²) in [6, 6.07) is 15.1. The Balaban J connectivity index is 1.52. The summed E-state index contributed by atoms with van der Waals surface area (Å²) >= 11 is 0. The van der Waals surface area contributed by atoms with Gasteiger partial charge >= 0.3 is 5.97 Å². The zero-order chi connectivity index (χ0) is 20.9. The summed E-state index contributed by atoms with van der Waals surface area (Å²) in [6.45, 7) is 1.83. The Labute approximate surface area is 174 Å². The molecule has 0 radical (unpaired) electrons. The molecule has 4 aliphatic rings. The molecule has 2 bridgehead atoms. The number of carbonyl (C=O) groups excluding carboxylic acids is 1. The van der Waals surface area contributed by atoms with Gasteiger partial charge in [-0.05, 0) is 36.3 Å². The molecule has 0 N–H and O–H groups in total. The topological polar surface area (TPSA) is 72.5 Å². The lowest BCUT2D eigenvalue weighted by Gasteiger charge is -2.54. The van der Waals surface area contributed by atoms with Crippen LogP contribution in [-0.4, -0.2) is 31.6 Å². The minimum absolute atomic E-state index is 0.249. The molecule has 2 saturated heterocycles. The van der Waals surface area contributed by atoms with E-state index in [4.69, 9.17) is 28.7 Å². The molecule has 4 aliphatic heterocycles. The van der Waals surface area contributed by atoms with Crippen molar-refractivity contribution < 1.29 is 33.5 Å². The fourth-order valence-corrected chi connectivity index (χ4v) is 4.28. The molecule has 0 aliphatic carbocycles. The average Bonchev–Trinajstić information content (AvgIpc) is 2.78. The van der Waals surface area contributed by atoms with E-state index in [2.05, 4.69) is 0 Å². The number of carbonyl (C=O) groups is 1. The van der Waals surface area contributed by atoms with E-state index in [1.54, 1.807) is 32.4 Å². The van der Waals surface area contributed by atoms with Gasteiger partial charge in [0.15, 0.2) is 17.1 Å². The number of esters is 1. The lowest BCUT2D eigenvalue weighted by molar-refractivity contribution is -0.523. The second-order valence-electron chi connectivity index (χ2n) is 7.78. The quantitative estimate of drug-likeness (QED) is 0.561. The van der Waals surface area contributed by atoms with Gasteiger partial charge in [-0.1, -0.05) is 36.4 Å². The Morgan fingerprint density at radius 1 is 0.967 bits per heavy atom. The van der Waals surface area contributed by atoms with Crippen molar-refractivity contribution in [3.05, 3.63) is 71.3 Å². The number of cyclic esters (lactones) is 1. The molecule has 30 heavy (non-hydrogen) atoms. The highest BCUT2D eigenvalue weighted by Crippen LogP contribution is 2.56. The van der Waals surface area contributed by atoms with Crippen molar-refractivity contribution in [1.29, 1.82) is 0 Å². The Morgan fingerprint density at radius 2 is 1.73 bits per heavy atom. The predicted molar refractivity (Wildman–Crippen MR) is 105 cm³/mol. The Hall–Kier alpha value is -2.87. The summed E-state index contributed by atoms with van der Waals surface area (Å²) in [6.07, 6.45) is 0.995. The fourth-order valence-electron chi connectivity index (χ4n) is 4.28. The van der Waals surface area contributed by atoms with E-state index >= 15 is 0 Å². The monoisotopic (exact) mass is 410 g/mol. The molecule has 2 fully saturated rings. The van der Waals surface area contributed by atoms with E-state index < -0.39 is 29.6 Å². The summed E-state index contributed by atoms with van der Waals surface area (Å²) in [5.41, 5.74) is 1.09. The van der Waals surface area contributed by atoms with Gasteiger partial charge in [-0.3, -0.25) is 0 Å². The van der Waals surface area contributed by atoms with Crippen LogP contribution < -0.4 is 9.47 Å². The molecular formula is C23H22O7. The largest absolute Gasteiger partial charge is 0.493 e. The van der Waals surface area contributed by atoms with Gasteiger partial charge in [-0.2, -0.15) is 4.89 Å². The Bertz CT molecular complexity index is 1020. The van der Waals surface area contributed by atoms with Crippen molar-refractivity contribution in [1.82, 2.24) is 0 Å². The molecule has 0 aromatic heterocycles. The van der Waals surface area contributed by atoms with Gasteiger partial charge in [-0.25, -0.2) is 9.68 Å². The third-order valence-electron chi connectivity index (χ3n) is 5.83. The van der Waals surface area contributed by atoms with Crippen LogP contribution in [0.1, 0.15) is 36.7 Å². The van der Waals surface area contributed by atoms with Crippen LogP contribution in [0.15, 0.2) is 60.2 Å². The van der Waals surface area contributed by atoms with Crippen molar-refractivity contribution in [2.75, 3.05) is 14.2 Å². The molecule has 7 nitrogen and oxygen atoms in total. The smallest absolute Gasteiger partial charge is 0.340 e. The lowest BCUT2D eigenvalue weighted by Crippen LogP contribution is -2.61. The molecule has 2 aromatic carbocycles. The molecule has 156 valence electrons. The van der Waals surface area contributed by atoms with Gasteiger partial charge in [0, 0.05) is 0 Å². The number of hydrogen-bond acceptors (Lipinski definition) is 7. The number of rotatable bonds is 4. The Kier molecular flexibility index (Phi) is 4.36. The summed E-state index contributed by atoms with van der Waals surface area (Å²) in [5.74, 6) is -0.689. The van der Waals surface area contributed by atoms with E-state index in [9.17, 15) is 4.79 Å². The summed E-state index contributed by atoms with van der Waals surface area (Å²) in [7, 11) is 3.12. The first-order valence-corrected chi connectivity index (χ1v) is 9.74. The van der Waals surface area contributed by atoms with E-state index in [0.717, 1.165) is 11.1 Å². The molecule has 2 unspecified atom stereocenters. The van der Waals surface area contributed by atoms with Crippen molar-refractivity contribution in [2.24, 2.45) is 0 Å². The van der Waals surface area contributed by atoms with Gasteiger partial charge in [-0.15, -0.1) is 0 Å². The minimum Gasteiger partial charge on any atom is -0.493 e. The SMILES string of the molecule is COc1ccc(C2C[C@]34OO[C@](C)(C=C3C(=O)O2)C(c2ccccc2)O4)cc1OC. The summed E-state index contributed by atoms with van der Waals surface area (Å²) in [4.78, 5) is 24.3. The summed E-state index contributed by atoms with van der Waals surface area (Å²) in [5, 5.41) is 0. The second-order valence-corrected chi connectivity index (χ2v) is 7.78. The molecule has 4 heterocycles. The third kappa shape index (κ3) is 2.81. The first-order chi connectivity index (χ1) is 14.5. The van der Waals surface area contributed by atoms with Gasteiger partial charge in [0.05, 0.1) is 26.2 Å². The lowest BCUT2D eigenvalue weighted by atomic mass is 9.81. The zero-order valence-electron chi connectivity index (χ0n) is 16.9. The highest BCUT2D eigenvalue weighted by Gasteiger charge is 2.63. The fraction of sp³-hybridized carbons (Fsp3) is 0.348. The minimum atomic E-state index is -1.34. The van der Waals surface area contributed by atoms with Crippen LogP contribution in [0.25, 0.3) is 0 Å². The number of methoxy groups -OCH3 is 2. The predicted octanol–water partition coefficient (Wildman–Crippen LogP) is 3.81. The van der Waals surface area contributed by atoms with Crippen molar-refractivity contribution in [3.63, 3.8) is 0 Å². The van der Waals surface area contributed by atoms with Crippen molar-refractivity contribution in [3.8, 4) is 11.5 Å². The number of ether oxygens (including phenoxy) is 4. The maximum Gasteiger partial charge on any atom is 0.340 e. The van der Waals surface area contributed by atoms with Gasteiger partial charge < -0.3 is 18.9 Å². The van der Waals surface area contributed by atoms with Crippen LogP contribution in [0.3, 0.4) is 0 Å². The molecular weight excluding hydrogens is 388 g/mol. The molecule has 2 aromatic rings. The van der Waals surface area contributed by atoms with Gasteiger partial charge in [0.1, 0.15) is 12.2 Å². The molecule has 4 atom stereocenters. The maximum atomic E-state index is 12.9. The molecule has 6 rings (SSSR count). The van der Waals surface area contributed by atoms with E-state index in [1.165, 1.54) is 0 Å². The third-order valence-corrected chi connectivity index (χ3v) is 5.83. The highest BCUT2D eigenvalue weighted by molar-refractivity contribution is 5.92. The molecule has 1 spiro atoms. The summed E-state index contributed by atoms with van der Waals surface area (Å²) < 4.78 is 22.8. The van der Waals surface area contributed by atoms with E-state index in [-0.39, 0.29) is 6.42 Å². The van der Waals surface area contributed by atoms with Gasteiger partial charge in [0.2, 0.25) is 5.79 Å². The van der Waals surface area contributed by atoms with Crippen LogP contribution in [-0.2, 0) is 24.0 Å². The average molecular weight is 410 g/mol. The molecule has 0 saturated carbocycles. The number of hydrogen-bond donors (Lipinski definition) is 0. The van der Waals surface area contributed by atoms with Crippen molar-refractivity contribution in [2.45, 2.75) is 36.9 Å². The van der Waals surface area contributed by atoms with Gasteiger partial charge in [0.25, 0.3) is 0 Å². The van der Waals surface area contributed by atoms with Crippen LogP contribution in [0.2, 0.25) is 0 Å². The standard InChI is InChI=1S/C23H22O7/c1-22-12-16-21(24)27-19(15-9-10-17(25-2)18(11-15)26-3)13-23(16,30-29-22)28-20(22)14-7-5-4-6-8-14/h4-12,19-20H,13H2,1-3H3/t19?,20?,22-,23+/m1/s1. The van der Waals surface area contributed by atoms with Crippen LogP contribution in [0.4, 0.5) is 0 Å². The maximum absolute atomic E-state index is 12.9.